The van der Waals surface area contributed by atoms with Crippen LogP contribution < -0.4 is 5.32 Å². The molecule has 1 aromatic heterocycles. The van der Waals surface area contributed by atoms with Crippen molar-refractivity contribution in [3.63, 3.8) is 0 Å². The summed E-state index contributed by atoms with van der Waals surface area (Å²) < 4.78 is 15.1. The second-order valence-electron chi connectivity index (χ2n) is 2.94. The van der Waals surface area contributed by atoms with E-state index in [0.29, 0.717) is 25.8 Å². The van der Waals surface area contributed by atoms with Gasteiger partial charge in [0.25, 0.3) is 0 Å². The molecule has 0 spiro atoms. The molecule has 1 aromatic rings. The van der Waals surface area contributed by atoms with Crippen LogP contribution in [0.2, 0.25) is 0 Å². The molecule has 0 saturated carbocycles. The molecule has 0 unspecified atom stereocenters. The van der Waals surface area contributed by atoms with Gasteiger partial charge in [-0.25, -0.2) is 0 Å². The monoisotopic (exact) mass is 200 g/mol. The highest BCUT2D eigenvalue weighted by Crippen LogP contribution is 2.16. The molecule has 14 heavy (non-hydrogen) atoms. The Bertz CT molecular complexity index is 273. The summed E-state index contributed by atoms with van der Waals surface area (Å²) in [6.45, 7) is 5.41. The van der Waals surface area contributed by atoms with Gasteiger partial charge in [0.15, 0.2) is 0 Å². The Morgan fingerprint density at radius 2 is 2.14 bits per heavy atom. The molecule has 0 radical (unpaired) electrons. The Labute approximate surface area is 83.4 Å². The maximum atomic E-state index is 5.22. The van der Waals surface area contributed by atoms with E-state index >= 15 is 0 Å². The third kappa shape index (κ3) is 3.01. The summed E-state index contributed by atoms with van der Waals surface area (Å²) >= 11 is 0. The van der Waals surface area contributed by atoms with Gasteiger partial charge in [-0.2, -0.15) is 0 Å². The van der Waals surface area contributed by atoms with Gasteiger partial charge < -0.3 is 19.3 Å². The fourth-order valence-corrected chi connectivity index (χ4v) is 0.911. The van der Waals surface area contributed by atoms with Crippen molar-refractivity contribution in [1.82, 2.24) is 5.16 Å². The van der Waals surface area contributed by atoms with E-state index in [1.54, 1.807) is 7.11 Å². The predicted octanol–water partition coefficient (Wildman–Crippen LogP) is 1.32. The minimum atomic E-state index is 0.402. The van der Waals surface area contributed by atoms with Crippen LogP contribution >= 0.6 is 0 Å². The van der Waals surface area contributed by atoms with Gasteiger partial charge in [-0.15, -0.1) is 0 Å². The highest BCUT2D eigenvalue weighted by atomic mass is 16.5. The lowest BCUT2D eigenvalue weighted by atomic mass is 10.3. The van der Waals surface area contributed by atoms with E-state index in [0.717, 1.165) is 11.3 Å². The fourth-order valence-electron chi connectivity index (χ4n) is 0.911. The first kappa shape index (κ1) is 11.0. The Kier molecular flexibility index (Phi) is 4.42. The van der Waals surface area contributed by atoms with Gasteiger partial charge in [0, 0.05) is 12.7 Å². The van der Waals surface area contributed by atoms with Crippen molar-refractivity contribution in [2.75, 3.05) is 32.4 Å². The molecular formula is C9H16N2O3. The molecule has 0 saturated heterocycles. The molecule has 80 valence electrons. The summed E-state index contributed by atoms with van der Waals surface area (Å²) in [7, 11) is 1.64. The molecule has 1 heterocycles. The van der Waals surface area contributed by atoms with Gasteiger partial charge in [0.05, 0.1) is 18.9 Å². The zero-order chi connectivity index (χ0) is 10.4. The topological polar surface area (TPSA) is 56.5 Å². The summed E-state index contributed by atoms with van der Waals surface area (Å²) in [5.41, 5.74) is 1.91. The number of anilines is 1. The number of hydrogen-bond donors (Lipinski definition) is 1. The van der Waals surface area contributed by atoms with E-state index in [4.69, 9.17) is 14.0 Å². The molecule has 5 heteroatoms. The number of nitrogens with zero attached hydrogens (tertiary/aromatic N) is 1. The number of aryl methyl sites for hydroxylation is 1. The first-order valence-corrected chi connectivity index (χ1v) is 4.49. The number of nitrogens with one attached hydrogen (secondary N) is 1. The van der Waals surface area contributed by atoms with Gasteiger partial charge in [0.1, 0.15) is 6.73 Å². The smallest absolute Gasteiger partial charge is 0.229 e. The summed E-state index contributed by atoms with van der Waals surface area (Å²) in [5.74, 6) is 0.667. The number of aromatic nitrogens is 1. The molecule has 1 N–H and O–H groups in total. The first-order valence-electron chi connectivity index (χ1n) is 4.49. The van der Waals surface area contributed by atoms with Crippen molar-refractivity contribution >= 4 is 5.88 Å². The van der Waals surface area contributed by atoms with Crippen molar-refractivity contribution in [3.8, 4) is 0 Å². The highest BCUT2D eigenvalue weighted by molar-refractivity contribution is 5.41. The molecule has 5 nitrogen and oxygen atoms in total. The summed E-state index contributed by atoms with van der Waals surface area (Å²) in [6.07, 6.45) is 0. The van der Waals surface area contributed by atoms with Crippen LogP contribution in [0.15, 0.2) is 4.52 Å². The Morgan fingerprint density at radius 1 is 1.36 bits per heavy atom. The number of methoxy groups -OCH3 is 1. The lowest BCUT2D eigenvalue weighted by Crippen LogP contribution is -2.10. The van der Waals surface area contributed by atoms with E-state index in [-0.39, 0.29) is 0 Å². The molecule has 0 aliphatic heterocycles. The summed E-state index contributed by atoms with van der Waals surface area (Å²) in [4.78, 5) is 0. The minimum absolute atomic E-state index is 0.402. The maximum absolute atomic E-state index is 5.22. The van der Waals surface area contributed by atoms with Crippen LogP contribution in [0, 0.1) is 13.8 Å². The van der Waals surface area contributed by atoms with E-state index in [1.165, 1.54) is 0 Å². The Hall–Kier alpha value is -1.07. The molecule has 0 bridgehead atoms. The second kappa shape index (κ2) is 5.62. The molecule has 0 aliphatic rings. The van der Waals surface area contributed by atoms with Crippen LogP contribution in [0.5, 0.6) is 0 Å². The van der Waals surface area contributed by atoms with Crippen LogP contribution in [0.1, 0.15) is 11.3 Å². The fraction of sp³-hybridized carbons (Fsp3) is 0.667. The summed E-state index contributed by atoms with van der Waals surface area (Å²) in [6, 6.07) is 0. The largest absolute Gasteiger partial charge is 0.382 e. The zero-order valence-electron chi connectivity index (χ0n) is 8.79. The zero-order valence-corrected chi connectivity index (χ0v) is 8.79. The lowest BCUT2D eigenvalue weighted by molar-refractivity contribution is 0.0793. The van der Waals surface area contributed by atoms with Gasteiger partial charge >= 0.3 is 0 Å². The Morgan fingerprint density at radius 3 is 2.71 bits per heavy atom. The van der Waals surface area contributed by atoms with Crippen molar-refractivity contribution in [2.45, 2.75) is 13.8 Å². The third-order valence-electron chi connectivity index (χ3n) is 1.92. The van der Waals surface area contributed by atoms with Crippen molar-refractivity contribution in [1.29, 1.82) is 0 Å². The van der Waals surface area contributed by atoms with Gasteiger partial charge in [0.2, 0.25) is 5.88 Å². The van der Waals surface area contributed by atoms with Crippen LogP contribution in [0.25, 0.3) is 0 Å². The number of hydrogen-bond acceptors (Lipinski definition) is 5. The Balaban J connectivity index is 2.21. The van der Waals surface area contributed by atoms with Crippen molar-refractivity contribution in [2.24, 2.45) is 0 Å². The normalized spacial score (nSPS) is 10.5. The molecule has 0 fully saturated rings. The molecule has 1 rings (SSSR count). The highest BCUT2D eigenvalue weighted by Gasteiger charge is 2.06. The average molecular weight is 200 g/mol. The quantitative estimate of drug-likeness (QED) is 0.554. The van der Waals surface area contributed by atoms with Crippen LogP contribution in [0.3, 0.4) is 0 Å². The van der Waals surface area contributed by atoms with E-state index in [2.05, 4.69) is 10.5 Å². The standard InChI is InChI=1S/C9H16N2O3/c1-7-8(2)11-14-9(7)10-6-13-5-4-12-3/h10H,4-6H2,1-3H3. The molecule has 0 atom stereocenters. The van der Waals surface area contributed by atoms with E-state index < -0.39 is 0 Å². The number of rotatable bonds is 6. The predicted molar refractivity (Wildman–Crippen MR) is 52.3 cm³/mol. The summed E-state index contributed by atoms with van der Waals surface area (Å²) in [5, 5.41) is 6.80. The first-order chi connectivity index (χ1) is 6.75. The SMILES string of the molecule is COCCOCNc1onc(C)c1C. The number of ether oxygens (including phenoxy) is 2. The second-order valence-corrected chi connectivity index (χ2v) is 2.94. The minimum Gasteiger partial charge on any atom is -0.382 e. The van der Waals surface area contributed by atoms with Crippen LogP contribution in [0.4, 0.5) is 5.88 Å². The van der Waals surface area contributed by atoms with Crippen molar-refractivity contribution < 1.29 is 14.0 Å². The van der Waals surface area contributed by atoms with Gasteiger partial charge in [-0.3, -0.25) is 0 Å². The van der Waals surface area contributed by atoms with Gasteiger partial charge in [-0.1, -0.05) is 5.16 Å². The average Bonchev–Trinajstić information content (AvgIpc) is 2.49. The van der Waals surface area contributed by atoms with E-state index in [1.807, 2.05) is 13.8 Å². The molecule has 0 aromatic carbocycles. The lowest BCUT2D eigenvalue weighted by Gasteiger charge is -2.04. The molecule has 0 aliphatic carbocycles. The van der Waals surface area contributed by atoms with Crippen molar-refractivity contribution in [3.05, 3.63) is 11.3 Å². The van der Waals surface area contributed by atoms with Gasteiger partial charge in [-0.05, 0) is 13.8 Å². The van der Waals surface area contributed by atoms with E-state index in [9.17, 15) is 0 Å². The molecule has 0 amide bonds. The maximum Gasteiger partial charge on any atom is 0.229 e. The van der Waals surface area contributed by atoms with Crippen LogP contribution in [-0.4, -0.2) is 32.2 Å². The third-order valence-corrected chi connectivity index (χ3v) is 1.92. The van der Waals surface area contributed by atoms with Crippen LogP contribution in [-0.2, 0) is 9.47 Å². The molecular weight excluding hydrogens is 184 g/mol.